The molecule has 2 heterocycles. The fraction of sp³-hybridized carbons (Fsp3) is 0.292. The summed E-state index contributed by atoms with van der Waals surface area (Å²) in [6.45, 7) is 3.48. The molecule has 1 saturated heterocycles. The smallest absolute Gasteiger partial charge is 0.447 e. The molecule has 2 aliphatic heterocycles. The zero-order valence-electron chi connectivity index (χ0n) is 19.4. The van der Waals surface area contributed by atoms with E-state index in [0.717, 1.165) is 36.0 Å². The number of ether oxygens (including phenoxy) is 1. The Morgan fingerprint density at radius 1 is 1.14 bits per heavy atom. The maximum Gasteiger partial charge on any atom is 0.447 e. The molecule has 0 bridgehead atoms. The second kappa shape index (κ2) is 10.5. The largest absolute Gasteiger partial charge is 0.497 e. The molecule has 1 atom stereocenters. The lowest BCUT2D eigenvalue weighted by Crippen LogP contribution is -2.42. The Morgan fingerprint density at radius 3 is 2.41 bits per heavy atom. The van der Waals surface area contributed by atoms with Gasteiger partial charge in [-0.25, -0.2) is 9.18 Å². The number of aliphatic hydroxyl groups is 2. The summed E-state index contributed by atoms with van der Waals surface area (Å²) in [5.74, 6) is -1.28. The lowest BCUT2D eigenvalue weighted by molar-refractivity contribution is -0.359. The first-order valence-corrected chi connectivity index (χ1v) is 10.7. The quantitative estimate of drug-likeness (QED) is 0.210. The van der Waals surface area contributed by atoms with Gasteiger partial charge in [-0.15, -0.1) is 0 Å². The van der Waals surface area contributed by atoms with E-state index >= 15 is 0 Å². The summed E-state index contributed by atoms with van der Waals surface area (Å²) in [5, 5.41) is 22.2. The second-order valence-corrected chi connectivity index (χ2v) is 7.87. The number of rotatable bonds is 3. The van der Waals surface area contributed by atoms with E-state index < -0.39 is 41.3 Å². The van der Waals surface area contributed by atoms with E-state index in [2.05, 4.69) is 17.2 Å². The average Bonchev–Trinajstić information content (AvgIpc) is 3.34. The topological polar surface area (TPSA) is 128 Å². The van der Waals surface area contributed by atoms with E-state index in [1.165, 1.54) is 0 Å². The standard InChI is InChI=1S/C13H8F4N2O4.C11H13NO2/c14-8-3-1-6(2-4-9-10(20)19-11(21)18-9)5-7(8)12(22,23)13(15,16)17;1-3-12-7-8-4-5-9(14-2)6-10(8)11(12)13/h1,3,5,9,22-23H,(H2,18,19,20,21);4-6H,3,7H2,1-2H3. The molecule has 2 aromatic carbocycles. The maximum atomic E-state index is 13.5. The van der Waals surface area contributed by atoms with Crippen LogP contribution in [0, 0.1) is 17.7 Å². The number of urea groups is 1. The highest BCUT2D eigenvalue weighted by atomic mass is 19.4. The molecule has 196 valence electrons. The molecule has 0 spiro atoms. The number of carbonyl (C=O) groups excluding carboxylic acids is 3. The molecule has 0 aromatic heterocycles. The van der Waals surface area contributed by atoms with Crippen molar-refractivity contribution in [3.63, 3.8) is 0 Å². The number of benzene rings is 2. The molecular weight excluding hydrogens is 502 g/mol. The van der Waals surface area contributed by atoms with Crippen molar-refractivity contribution in [3.05, 3.63) is 64.5 Å². The molecule has 0 radical (unpaired) electrons. The van der Waals surface area contributed by atoms with Crippen molar-refractivity contribution in [2.24, 2.45) is 0 Å². The van der Waals surface area contributed by atoms with Gasteiger partial charge in [-0.2, -0.15) is 13.2 Å². The summed E-state index contributed by atoms with van der Waals surface area (Å²) in [6.07, 6.45) is -5.53. The summed E-state index contributed by atoms with van der Waals surface area (Å²) in [7, 11) is 1.61. The predicted octanol–water partition coefficient (Wildman–Crippen LogP) is 1.76. The third-order valence-electron chi connectivity index (χ3n) is 5.45. The van der Waals surface area contributed by atoms with Crippen LogP contribution in [0.2, 0.25) is 0 Å². The second-order valence-electron chi connectivity index (χ2n) is 7.87. The Kier molecular flexibility index (Phi) is 7.75. The van der Waals surface area contributed by atoms with Crippen LogP contribution in [0.3, 0.4) is 0 Å². The maximum absolute atomic E-state index is 13.5. The van der Waals surface area contributed by atoms with Crippen LogP contribution in [0.15, 0.2) is 36.4 Å². The average molecular weight is 523 g/mol. The Balaban J connectivity index is 0.000000231. The van der Waals surface area contributed by atoms with Gasteiger partial charge in [0.2, 0.25) is 0 Å². The monoisotopic (exact) mass is 523 g/mol. The van der Waals surface area contributed by atoms with Gasteiger partial charge in [-0.3, -0.25) is 14.9 Å². The van der Waals surface area contributed by atoms with E-state index in [9.17, 15) is 31.9 Å². The van der Waals surface area contributed by atoms with Gasteiger partial charge in [0.25, 0.3) is 17.6 Å². The molecule has 1 fully saturated rings. The molecule has 2 aliphatic rings. The van der Waals surface area contributed by atoms with Crippen molar-refractivity contribution in [2.75, 3.05) is 13.7 Å². The number of carbonyl (C=O) groups is 3. The minimum absolute atomic E-state index is 0.112. The van der Waals surface area contributed by atoms with Crippen molar-refractivity contribution in [1.82, 2.24) is 15.5 Å². The number of fused-ring (bicyclic) bond motifs is 1. The minimum atomic E-state index is -5.53. The number of halogens is 4. The van der Waals surface area contributed by atoms with Crippen LogP contribution < -0.4 is 15.4 Å². The van der Waals surface area contributed by atoms with Crippen molar-refractivity contribution in [1.29, 1.82) is 0 Å². The number of amides is 4. The molecule has 13 heteroatoms. The van der Waals surface area contributed by atoms with Crippen molar-refractivity contribution in [3.8, 4) is 17.6 Å². The number of methoxy groups -OCH3 is 1. The first-order valence-electron chi connectivity index (χ1n) is 10.7. The van der Waals surface area contributed by atoms with Crippen LogP contribution in [0.1, 0.15) is 34.0 Å². The summed E-state index contributed by atoms with van der Waals surface area (Å²) in [4.78, 5) is 35.7. The summed E-state index contributed by atoms with van der Waals surface area (Å²) in [5.41, 5.74) is 0.229. The van der Waals surface area contributed by atoms with Gasteiger partial charge in [-0.05, 0) is 42.8 Å². The van der Waals surface area contributed by atoms with Gasteiger partial charge < -0.3 is 25.2 Å². The van der Waals surface area contributed by atoms with Gasteiger partial charge in [0, 0.05) is 24.2 Å². The molecule has 4 rings (SSSR count). The Bertz CT molecular complexity index is 1300. The fourth-order valence-electron chi connectivity index (χ4n) is 3.42. The van der Waals surface area contributed by atoms with Crippen LogP contribution >= 0.6 is 0 Å². The first kappa shape index (κ1) is 27.4. The van der Waals surface area contributed by atoms with Crippen LogP contribution in [0.25, 0.3) is 0 Å². The van der Waals surface area contributed by atoms with Crippen molar-refractivity contribution in [2.45, 2.75) is 31.5 Å². The zero-order valence-corrected chi connectivity index (χ0v) is 19.4. The minimum Gasteiger partial charge on any atom is -0.497 e. The number of hydrogen-bond donors (Lipinski definition) is 4. The van der Waals surface area contributed by atoms with Crippen LogP contribution in [0.5, 0.6) is 5.75 Å². The van der Waals surface area contributed by atoms with E-state index in [4.69, 9.17) is 14.9 Å². The molecule has 9 nitrogen and oxygen atoms in total. The van der Waals surface area contributed by atoms with Gasteiger partial charge in [0.1, 0.15) is 11.6 Å². The highest BCUT2D eigenvalue weighted by molar-refractivity contribution is 6.05. The van der Waals surface area contributed by atoms with Gasteiger partial charge >= 0.3 is 12.2 Å². The highest BCUT2D eigenvalue weighted by Crippen LogP contribution is 2.37. The summed E-state index contributed by atoms with van der Waals surface area (Å²) in [6, 6.07) is 5.71. The Labute approximate surface area is 208 Å². The lowest BCUT2D eigenvalue weighted by Gasteiger charge is -2.25. The molecule has 1 unspecified atom stereocenters. The number of alkyl halides is 3. The van der Waals surface area contributed by atoms with Gasteiger partial charge in [0.05, 0.1) is 12.7 Å². The molecule has 0 aliphatic carbocycles. The zero-order chi connectivity index (χ0) is 27.5. The number of hydrogen-bond acceptors (Lipinski definition) is 6. The highest BCUT2D eigenvalue weighted by Gasteiger charge is 2.55. The number of imide groups is 1. The molecule has 4 amide bonds. The fourth-order valence-corrected chi connectivity index (χ4v) is 3.42. The van der Waals surface area contributed by atoms with E-state index in [1.54, 1.807) is 7.11 Å². The molecular formula is C24H21F4N3O6. The summed E-state index contributed by atoms with van der Waals surface area (Å²) < 4.78 is 56.2. The Morgan fingerprint density at radius 2 is 1.84 bits per heavy atom. The van der Waals surface area contributed by atoms with Crippen LogP contribution in [0.4, 0.5) is 22.4 Å². The van der Waals surface area contributed by atoms with Gasteiger partial charge in [-0.1, -0.05) is 17.9 Å². The van der Waals surface area contributed by atoms with Gasteiger partial charge in [0.15, 0.2) is 6.04 Å². The van der Waals surface area contributed by atoms with Crippen molar-refractivity contribution < 1.29 is 46.9 Å². The Hall–Kier alpha value is -4.15. The predicted molar refractivity (Wildman–Crippen MR) is 119 cm³/mol. The molecule has 37 heavy (non-hydrogen) atoms. The van der Waals surface area contributed by atoms with E-state index in [1.807, 2.05) is 35.3 Å². The molecule has 2 aromatic rings. The first-order chi connectivity index (χ1) is 17.3. The van der Waals surface area contributed by atoms with Crippen LogP contribution in [-0.4, -0.2) is 58.8 Å². The summed E-state index contributed by atoms with van der Waals surface area (Å²) >= 11 is 0. The lowest BCUT2D eigenvalue weighted by atomic mass is 10.0. The van der Waals surface area contributed by atoms with E-state index in [0.29, 0.717) is 12.1 Å². The normalized spacial score (nSPS) is 16.7. The SMILES string of the molecule is CCN1Cc2ccc(OC)cc2C1=O.O=C1NC(=O)C(C#Cc2ccc(F)c(C(O)(O)C(F)(F)F)c2)N1. The van der Waals surface area contributed by atoms with Crippen molar-refractivity contribution >= 4 is 17.8 Å². The third kappa shape index (κ3) is 5.82. The molecule has 4 N–H and O–H groups in total. The third-order valence-corrected chi connectivity index (χ3v) is 5.45. The van der Waals surface area contributed by atoms with E-state index in [-0.39, 0.29) is 11.5 Å². The van der Waals surface area contributed by atoms with Crippen LogP contribution in [-0.2, 0) is 17.1 Å². The number of nitrogens with zero attached hydrogens (tertiary/aromatic N) is 1. The molecule has 0 saturated carbocycles. The number of nitrogens with one attached hydrogen (secondary N) is 2.